The molecule has 2 amide bonds. The normalized spacial score (nSPS) is 22.1. The number of H-pyrrole nitrogens is 1. The summed E-state index contributed by atoms with van der Waals surface area (Å²) in [5.41, 5.74) is 0.684. The SMILES string of the molecule is COc1cc([C@@H]2c3sc(=O)[nH]c3S[C@@H]3C(=O)N(CC(=O)O)C(=O)[C@H]23)ccc1OCC(C)C. The van der Waals surface area contributed by atoms with E-state index >= 15 is 0 Å². The molecule has 1 saturated heterocycles. The van der Waals surface area contributed by atoms with Crippen molar-refractivity contribution >= 4 is 40.9 Å². The molecule has 0 saturated carbocycles. The summed E-state index contributed by atoms with van der Waals surface area (Å²) < 4.78 is 11.3. The van der Waals surface area contributed by atoms with Crippen molar-refractivity contribution in [3.63, 3.8) is 0 Å². The van der Waals surface area contributed by atoms with Crippen molar-refractivity contribution < 1.29 is 29.0 Å². The minimum absolute atomic E-state index is 0.279. The van der Waals surface area contributed by atoms with Crippen LogP contribution in [0.5, 0.6) is 11.5 Å². The summed E-state index contributed by atoms with van der Waals surface area (Å²) in [6.07, 6.45) is 0. The second kappa shape index (κ2) is 8.62. The number of nitrogens with zero attached hydrogens (tertiary/aromatic N) is 1. The zero-order chi connectivity index (χ0) is 23.2. The molecule has 0 aliphatic carbocycles. The summed E-state index contributed by atoms with van der Waals surface area (Å²) in [6, 6.07) is 5.29. The third-order valence-electron chi connectivity index (χ3n) is 5.33. The van der Waals surface area contributed by atoms with Crippen LogP contribution in [-0.4, -0.2) is 58.3 Å². The summed E-state index contributed by atoms with van der Waals surface area (Å²) in [5.74, 6) is -2.44. The van der Waals surface area contributed by atoms with Gasteiger partial charge in [-0.3, -0.25) is 24.1 Å². The molecule has 3 atom stereocenters. The fourth-order valence-electron chi connectivity index (χ4n) is 3.98. The average molecular weight is 479 g/mol. The number of benzene rings is 1. The molecule has 1 aromatic carbocycles. The van der Waals surface area contributed by atoms with Crippen molar-refractivity contribution in [2.24, 2.45) is 11.8 Å². The minimum Gasteiger partial charge on any atom is -0.493 e. The molecule has 2 N–H and O–H groups in total. The van der Waals surface area contributed by atoms with Gasteiger partial charge in [-0.2, -0.15) is 0 Å². The minimum atomic E-state index is -1.26. The largest absolute Gasteiger partial charge is 0.493 e. The lowest BCUT2D eigenvalue weighted by molar-refractivity contribution is -0.149. The number of aromatic amines is 1. The molecule has 1 aromatic heterocycles. The third-order valence-corrected chi connectivity index (χ3v) is 7.73. The number of hydrogen-bond donors (Lipinski definition) is 2. The van der Waals surface area contributed by atoms with Gasteiger partial charge in [0, 0.05) is 10.8 Å². The summed E-state index contributed by atoms with van der Waals surface area (Å²) in [7, 11) is 1.51. The highest BCUT2D eigenvalue weighted by atomic mass is 32.2. The fraction of sp³-hybridized carbons (Fsp3) is 0.429. The number of carboxylic acids is 1. The summed E-state index contributed by atoms with van der Waals surface area (Å²) in [5, 5.41) is 8.87. The Morgan fingerprint density at radius 2 is 1.97 bits per heavy atom. The number of fused-ring (bicyclic) bond motifs is 2. The van der Waals surface area contributed by atoms with Crippen molar-refractivity contribution in [3.8, 4) is 11.5 Å². The highest BCUT2D eigenvalue weighted by Gasteiger charge is 2.56. The number of likely N-dealkylation sites (tertiary alicyclic amines) is 1. The Hall–Kier alpha value is -2.79. The number of aromatic nitrogens is 1. The highest BCUT2D eigenvalue weighted by molar-refractivity contribution is 8.00. The summed E-state index contributed by atoms with van der Waals surface area (Å²) in [4.78, 5) is 53.3. The number of ether oxygens (including phenoxy) is 2. The first-order valence-electron chi connectivity index (χ1n) is 9.98. The van der Waals surface area contributed by atoms with Gasteiger partial charge in [-0.05, 0) is 23.6 Å². The van der Waals surface area contributed by atoms with Gasteiger partial charge in [0.25, 0.3) is 0 Å². The molecular formula is C21H22N2O7S2. The number of rotatable bonds is 7. The average Bonchev–Trinajstić information content (AvgIpc) is 3.22. The number of thiazole rings is 1. The quantitative estimate of drug-likeness (QED) is 0.580. The summed E-state index contributed by atoms with van der Waals surface area (Å²) >= 11 is 2.10. The van der Waals surface area contributed by atoms with Crippen molar-refractivity contribution in [3.05, 3.63) is 38.3 Å². The molecule has 0 radical (unpaired) electrons. The molecule has 11 heteroatoms. The second-order valence-electron chi connectivity index (χ2n) is 8.02. The zero-order valence-electron chi connectivity index (χ0n) is 17.6. The smallest absolute Gasteiger partial charge is 0.323 e. The lowest BCUT2D eigenvalue weighted by Crippen LogP contribution is -2.36. The van der Waals surface area contributed by atoms with Crippen LogP contribution in [0, 0.1) is 11.8 Å². The Morgan fingerprint density at radius 3 is 2.62 bits per heavy atom. The number of aliphatic carboxylic acids is 1. The van der Waals surface area contributed by atoms with Gasteiger partial charge in [0.2, 0.25) is 11.8 Å². The molecule has 0 bridgehead atoms. The molecule has 9 nitrogen and oxygen atoms in total. The standard InChI is InChI=1S/C21H22N2O7S2/c1-9(2)8-30-11-5-4-10(6-12(11)29-3)14-15-17(31-18-16(14)32-21(28)22-18)20(27)23(19(15)26)7-13(24)25/h4-6,9,14-15,17H,7-8H2,1-3H3,(H,22,28)(H,24,25)/t14-,15+,17-/m0/s1. The molecule has 2 aliphatic rings. The van der Waals surface area contributed by atoms with Crippen LogP contribution in [0.4, 0.5) is 0 Å². The van der Waals surface area contributed by atoms with Crippen LogP contribution in [-0.2, 0) is 14.4 Å². The van der Waals surface area contributed by atoms with Gasteiger partial charge in [0.1, 0.15) is 11.8 Å². The number of imide groups is 1. The van der Waals surface area contributed by atoms with E-state index in [-0.39, 0.29) is 4.87 Å². The van der Waals surface area contributed by atoms with E-state index in [1.165, 1.54) is 7.11 Å². The van der Waals surface area contributed by atoms with Crippen LogP contribution in [0.3, 0.4) is 0 Å². The molecule has 1 fully saturated rings. The molecule has 0 spiro atoms. The molecule has 4 rings (SSSR count). The van der Waals surface area contributed by atoms with Gasteiger partial charge in [-0.25, -0.2) is 0 Å². The zero-order valence-corrected chi connectivity index (χ0v) is 19.2. The Morgan fingerprint density at radius 1 is 1.22 bits per heavy atom. The Balaban J connectivity index is 1.79. The number of nitrogens with one attached hydrogen (secondary N) is 1. The molecule has 32 heavy (non-hydrogen) atoms. The number of carboxylic acid groups (broad SMARTS) is 1. The van der Waals surface area contributed by atoms with Crippen LogP contribution in [0.1, 0.15) is 30.2 Å². The predicted molar refractivity (Wildman–Crippen MR) is 118 cm³/mol. The first-order valence-corrected chi connectivity index (χ1v) is 11.7. The van der Waals surface area contributed by atoms with Crippen molar-refractivity contribution in [1.29, 1.82) is 0 Å². The number of methoxy groups -OCH3 is 1. The number of amides is 2. The highest BCUT2D eigenvalue weighted by Crippen LogP contribution is 2.53. The lowest BCUT2D eigenvalue weighted by atomic mass is 9.83. The van der Waals surface area contributed by atoms with Crippen LogP contribution >= 0.6 is 23.1 Å². The maximum atomic E-state index is 13.2. The maximum absolute atomic E-state index is 13.2. The fourth-order valence-corrected chi connectivity index (χ4v) is 6.51. The monoisotopic (exact) mass is 478 g/mol. The number of carbonyl (C=O) groups excluding carboxylic acids is 2. The Bertz CT molecular complexity index is 1140. The van der Waals surface area contributed by atoms with Crippen molar-refractivity contribution in [2.75, 3.05) is 20.3 Å². The van der Waals surface area contributed by atoms with Gasteiger partial charge in [-0.1, -0.05) is 43.0 Å². The first-order chi connectivity index (χ1) is 15.2. The van der Waals surface area contributed by atoms with E-state index in [4.69, 9.17) is 14.6 Å². The van der Waals surface area contributed by atoms with E-state index in [9.17, 15) is 19.2 Å². The number of carbonyl (C=O) groups is 3. The molecule has 170 valence electrons. The topological polar surface area (TPSA) is 126 Å². The van der Waals surface area contributed by atoms with Gasteiger partial charge in [0.15, 0.2) is 11.5 Å². The van der Waals surface area contributed by atoms with E-state index in [0.29, 0.717) is 39.5 Å². The predicted octanol–water partition coefficient (Wildman–Crippen LogP) is 2.16. The van der Waals surface area contributed by atoms with E-state index in [0.717, 1.165) is 28.0 Å². The molecule has 0 unspecified atom stereocenters. The molecular weight excluding hydrogens is 456 g/mol. The number of thioether (sulfide) groups is 1. The molecule has 3 heterocycles. The molecule has 2 aliphatic heterocycles. The Kier molecular flexibility index (Phi) is 6.04. The maximum Gasteiger partial charge on any atom is 0.323 e. The van der Waals surface area contributed by atoms with Crippen LogP contribution in [0.15, 0.2) is 28.0 Å². The summed E-state index contributed by atoms with van der Waals surface area (Å²) in [6.45, 7) is 3.87. The van der Waals surface area contributed by atoms with Crippen LogP contribution in [0.25, 0.3) is 0 Å². The third kappa shape index (κ3) is 3.90. The van der Waals surface area contributed by atoms with Crippen molar-refractivity contribution in [2.45, 2.75) is 30.0 Å². The van der Waals surface area contributed by atoms with E-state index in [2.05, 4.69) is 4.98 Å². The van der Waals surface area contributed by atoms with Crippen LogP contribution in [0.2, 0.25) is 0 Å². The van der Waals surface area contributed by atoms with Gasteiger partial charge >= 0.3 is 10.8 Å². The van der Waals surface area contributed by atoms with E-state index < -0.39 is 41.4 Å². The second-order valence-corrected chi connectivity index (χ2v) is 10.2. The van der Waals surface area contributed by atoms with Gasteiger partial charge in [-0.15, -0.1) is 0 Å². The van der Waals surface area contributed by atoms with Gasteiger partial charge < -0.3 is 19.6 Å². The van der Waals surface area contributed by atoms with E-state index in [1.54, 1.807) is 18.2 Å². The number of hydrogen-bond acceptors (Lipinski definition) is 8. The van der Waals surface area contributed by atoms with Gasteiger partial charge in [0.05, 0.1) is 24.7 Å². The lowest BCUT2D eigenvalue weighted by Gasteiger charge is -2.30. The van der Waals surface area contributed by atoms with E-state index in [1.807, 2.05) is 13.8 Å². The Labute approximate surface area is 191 Å². The van der Waals surface area contributed by atoms with Crippen LogP contribution < -0.4 is 14.3 Å². The van der Waals surface area contributed by atoms with Crippen molar-refractivity contribution in [1.82, 2.24) is 9.88 Å². The molecule has 2 aromatic rings. The first kappa shape index (κ1) is 22.4.